The van der Waals surface area contributed by atoms with Crippen LogP contribution in [0.3, 0.4) is 0 Å². The lowest BCUT2D eigenvalue weighted by molar-refractivity contribution is 0.0919. The molecule has 5 heteroatoms. The number of hydrogen-bond acceptors (Lipinski definition) is 4. The van der Waals surface area contributed by atoms with E-state index in [0.717, 1.165) is 0 Å². The summed E-state index contributed by atoms with van der Waals surface area (Å²) in [5.41, 5.74) is 0.410. The second kappa shape index (κ2) is 5.31. The van der Waals surface area contributed by atoms with E-state index in [0.29, 0.717) is 11.3 Å². The molecule has 1 aromatic heterocycles. The van der Waals surface area contributed by atoms with E-state index in [1.165, 1.54) is 19.5 Å². The van der Waals surface area contributed by atoms with Crippen LogP contribution in [-0.4, -0.2) is 35.8 Å². The van der Waals surface area contributed by atoms with Crippen molar-refractivity contribution in [3.8, 4) is 5.75 Å². The van der Waals surface area contributed by atoms with Gasteiger partial charge in [0.1, 0.15) is 5.75 Å². The number of methoxy groups -OCH3 is 1. The molecule has 0 fully saturated rings. The third kappa shape index (κ3) is 2.92. The van der Waals surface area contributed by atoms with Crippen molar-refractivity contribution in [3.05, 3.63) is 24.0 Å². The number of aromatic nitrogens is 1. The number of aliphatic hydroxyl groups excluding tert-OH is 1. The van der Waals surface area contributed by atoms with Gasteiger partial charge in [-0.25, -0.2) is 0 Å². The number of amides is 1. The summed E-state index contributed by atoms with van der Waals surface area (Å²) in [6.07, 6.45) is 2.99. The third-order valence-corrected chi connectivity index (χ3v) is 1.90. The highest BCUT2D eigenvalue weighted by Gasteiger charge is 2.13. The van der Waals surface area contributed by atoms with Gasteiger partial charge >= 0.3 is 0 Å². The second-order valence-electron chi connectivity index (χ2n) is 3.13. The molecule has 1 rings (SSSR count). The van der Waals surface area contributed by atoms with Crippen molar-refractivity contribution in [2.75, 3.05) is 13.7 Å². The Kier molecular flexibility index (Phi) is 4.05. The Balaban J connectivity index is 2.81. The van der Waals surface area contributed by atoms with E-state index in [-0.39, 0.29) is 18.6 Å². The standard InChI is InChI=1S/C10H14N2O3/c1-7(6-13)12-10(14)8-3-4-11-5-9(8)15-2/h3-5,7,13H,6H2,1-2H3,(H,12,14)/t7-/m0/s1. The van der Waals surface area contributed by atoms with Crippen molar-refractivity contribution < 1.29 is 14.6 Å². The van der Waals surface area contributed by atoms with Crippen molar-refractivity contribution in [2.45, 2.75) is 13.0 Å². The van der Waals surface area contributed by atoms with Gasteiger partial charge in [-0.05, 0) is 13.0 Å². The predicted octanol–water partition coefficient (Wildman–Crippen LogP) is 0.201. The van der Waals surface area contributed by atoms with E-state index in [4.69, 9.17) is 9.84 Å². The van der Waals surface area contributed by atoms with Crippen LogP contribution in [-0.2, 0) is 0 Å². The van der Waals surface area contributed by atoms with E-state index in [9.17, 15) is 4.79 Å². The van der Waals surface area contributed by atoms with Crippen molar-refractivity contribution in [2.24, 2.45) is 0 Å². The molecule has 15 heavy (non-hydrogen) atoms. The summed E-state index contributed by atoms with van der Waals surface area (Å²) >= 11 is 0. The number of nitrogens with zero attached hydrogens (tertiary/aromatic N) is 1. The average Bonchev–Trinajstić information content (AvgIpc) is 2.28. The second-order valence-corrected chi connectivity index (χ2v) is 3.13. The van der Waals surface area contributed by atoms with Crippen LogP contribution in [0.1, 0.15) is 17.3 Å². The number of aliphatic hydroxyl groups is 1. The molecule has 2 N–H and O–H groups in total. The maximum Gasteiger partial charge on any atom is 0.255 e. The lowest BCUT2D eigenvalue weighted by Crippen LogP contribution is -2.35. The molecule has 0 aliphatic rings. The van der Waals surface area contributed by atoms with Crippen LogP contribution in [0.2, 0.25) is 0 Å². The molecule has 1 amide bonds. The molecule has 82 valence electrons. The summed E-state index contributed by atoms with van der Waals surface area (Å²) in [7, 11) is 1.48. The van der Waals surface area contributed by atoms with Crippen LogP contribution in [0, 0.1) is 0 Å². The normalized spacial score (nSPS) is 11.9. The summed E-state index contributed by atoms with van der Waals surface area (Å²) in [5.74, 6) is 0.135. The van der Waals surface area contributed by atoms with Crippen LogP contribution in [0.15, 0.2) is 18.5 Å². The number of pyridine rings is 1. The van der Waals surface area contributed by atoms with Crippen LogP contribution >= 0.6 is 0 Å². The molecule has 0 spiro atoms. The molecule has 1 heterocycles. The molecule has 5 nitrogen and oxygen atoms in total. The van der Waals surface area contributed by atoms with Crippen molar-refractivity contribution in [3.63, 3.8) is 0 Å². The maximum atomic E-state index is 11.7. The van der Waals surface area contributed by atoms with Crippen LogP contribution in [0.25, 0.3) is 0 Å². The fourth-order valence-electron chi connectivity index (χ4n) is 1.08. The maximum absolute atomic E-state index is 11.7. The van der Waals surface area contributed by atoms with Gasteiger partial charge in [-0.15, -0.1) is 0 Å². The first-order valence-corrected chi connectivity index (χ1v) is 4.58. The van der Waals surface area contributed by atoms with E-state index in [1.54, 1.807) is 13.0 Å². The number of nitrogens with one attached hydrogen (secondary N) is 1. The zero-order chi connectivity index (χ0) is 11.3. The molecule has 1 atom stereocenters. The fourth-order valence-corrected chi connectivity index (χ4v) is 1.08. The lowest BCUT2D eigenvalue weighted by Gasteiger charge is -2.12. The molecule has 0 saturated heterocycles. The summed E-state index contributed by atoms with van der Waals surface area (Å²) in [4.78, 5) is 15.5. The Morgan fingerprint density at radius 3 is 3.07 bits per heavy atom. The van der Waals surface area contributed by atoms with Gasteiger partial charge < -0.3 is 15.2 Å². The Morgan fingerprint density at radius 2 is 2.47 bits per heavy atom. The molecule has 0 aromatic carbocycles. The number of ether oxygens (including phenoxy) is 1. The van der Waals surface area contributed by atoms with Gasteiger partial charge in [0.2, 0.25) is 0 Å². The Bertz CT molecular complexity index is 341. The lowest BCUT2D eigenvalue weighted by atomic mass is 10.2. The highest BCUT2D eigenvalue weighted by atomic mass is 16.5. The summed E-state index contributed by atoms with van der Waals surface area (Å²) in [6.45, 7) is 1.62. The van der Waals surface area contributed by atoms with Crippen LogP contribution in [0.5, 0.6) is 5.75 Å². The van der Waals surface area contributed by atoms with Gasteiger partial charge in [-0.3, -0.25) is 9.78 Å². The fraction of sp³-hybridized carbons (Fsp3) is 0.400. The van der Waals surface area contributed by atoms with E-state index >= 15 is 0 Å². The van der Waals surface area contributed by atoms with Crippen molar-refractivity contribution in [1.82, 2.24) is 10.3 Å². The van der Waals surface area contributed by atoms with Crippen LogP contribution < -0.4 is 10.1 Å². The molecule has 0 saturated carbocycles. The minimum atomic E-state index is -0.282. The predicted molar refractivity (Wildman–Crippen MR) is 54.8 cm³/mol. The van der Waals surface area contributed by atoms with E-state index in [2.05, 4.69) is 10.3 Å². The van der Waals surface area contributed by atoms with Crippen molar-refractivity contribution >= 4 is 5.91 Å². The van der Waals surface area contributed by atoms with Gasteiger partial charge in [0.15, 0.2) is 0 Å². The number of carbonyl (C=O) groups excluding carboxylic acids is 1. The quantitative estimate of drug-likeness (QED) is 0.744. The first-order valence-electron chi connectivity index (χ1n) is 4.58. The largest absolute Gasteiger partial charge is 0.494 e. The third-order valence-electron chi connectivity index (χ3n) is 1.90. The molecule has 0 aliphatic heterocycles. The molecule has 0 radical (unpaired) electrons. The Hall–Kier alpha value is -1.62. The molecule has 1 aromatic rings. The molecule has 0 bridgehead atoms. The highest BCUT2D eigenvalue weighted by Crippen LogP contribution is 2.15. The zero-order valence-corrected chi connectivity index (χ0v) is 8.73. The smallest absolute Gasteiger partial charge is 0.255 e. The van der Waals surface area contributed by atoms with E-state index in [1.807, 2.05) is 0 Å². The zero-order valence-electron chi connectivity index (χ0n) is 8.73. The van der Waals surface area contributed by atoms with Crippen LogP contribution in [0.4, 0.5) is 0 Å². The van der Waals surface area contributed by atoms with Gasteiger partial charge in [-0.2, -0.15) is 0 Å². The molecular weight excluding hydrogens is 196 g/mol. The number of hydrogen-bond donors (Lipinski definition) is 2. The SMILES string of the molecule is COc1cnccc1C(=O)N[C@@H](C)CO. The van der Waals surface area contributed by atoms with Gasteiger partial charge in [-0.1, -0.05) is 0 Å². The van der Waals surface area contributed by atoms with E-state index < -0.39 is 0 Å². The summed E-state index contributed by atoms with van der Waals surface area (Å²) in [5, 5.41) is 11.4. The van der Waals surface area contributed by atoms with Gasteiger partial charge in [0.25, 0.3) is 5.91 Å². The minimum absolute atomic E-state index is 0.0981. The van der Waals surface area contributed by atoms with Crippen molar-refractivity contribution in [1.29, 1.82) is 0 Å². The summed E-state index contributed by atoms with van der Waals surface area (Å²) in [6, 6.07) is 1.29. The first kappa shape index (κ1) is 11.5. The monoisotopic (exact) mass is 210 g/mol. The summed E-state index contributed by atoms with van der Waals surface area (Å²) < 4.78 is 5.00. The number of rotatable bonds is 4. The molecule has 0 aliphatic carbocycles. The topological polar surface area (TPSA) is 71.5 Å². The minimum Gasteiger partial charge on any atom is -0.494 e. The molecule has 0 unspecified atom stereocenters. The first-order chi connectivity index (χ1) is 7.19. The Morgan fingerprint density at radius 1 is 1.73 bits per heavy atom. The average molecular weight is 210 g/mol. The highest BCUT2D eigenvalue weighted by molar-refractivity contribution is 5.96. The van der Waals surface area contributed by atoms with Gasteiger partial charge in [0.05, 0.1) is 25.5 Å². The molecular formula is C10H14N2O3. The Labute approximate surface area is 88.1 Å². The number of carbonyl (C=O) groups is 1. The van der Waals surface area contributed by atoms with Gasteiger partial charge in [0, 0.05) is 12.2 Å².